The summed E-state index contributed by atoms with van der Waals surface area (Å²) in [6.07, 6.45) is 7.43. The van der Waals surface area contributed by atoms with Gasteiger partial charge in [0.25, 0.3) is 0 Å². The number of hydrogen-bond donors (Lipinski definition) is 3. The van der Waals surface area contributed by atoms with E-state index in [4.69, 9.17) is 12.2 Å². The van der Waals surface area contributed by atoms with Gasteiger partial charge >= 0.3 is 0 Å². The molecule has 2 aromatic rings. The molecule has 0 atom stereocenters. The summed E-state index contributed by atoms with van der Waals surface area (Å²) in [5, 5.41) is 21.0. The van der Waals surface area contributed by atoms with Gasteiger partial charge in [0.05, 0.1) is 6.54 Å². The first kappa shape index (κ1) is 15.0. The maximum atomic E-state index is 11.4. The number of phenols is 1. The van der Waals surface area contributed by atoms with Crippen molar-refractivity contribution < 1.29 is 9.90 Å². The van der Waals surface area contributed by atoms with Crippen molar-refractivity contribution in [2.45, 2.75) is 18.8 Å². The molecule has 0 radical (unpaired) electrons. The van der Waals surface area contributed by atoms with Crippen LogP contribution in [-0.2, 0) is 4.79 Å². The first-order valence-electron chi connectivity index (χ1n) is 7.30. The molecule has 1 aliphatic carbocycles. The second-order valence-corrected chi connectivity index (χ2v) is 5.44. The highest BCUT2D eigenvalue weighted by molar-refractivity contribution is 5.91. The summed E-state index contributed by atoms with van der Waals surface area (Å²) in [6, 6.07) is 6.80. The zero-order chi connectivity index (χ0) is 16.4. The van der Waals surface area contributed by atoms with Crippen molar-refractivity contribution in [2.75, 3.05) is 11.9 Å². The average molecular weight is 308 g/mol. The quantitative estimate of drug-likeness (QED) is 0.745. The largest absolute Gasteiger partial charge is 0.507 e. The number of aromatic hydroxyl groups is 1. The lowest BCUT2D eigenvalue weighted by Crippen LogP contribution is -2.22. The Morgan fingerprint density at radius 3 is 2.78 bits per heavy atom. The van der Waals surface area contributed by atoms with Crippen molar-refractivity contribution in [2.24, 2.45) is 5.73 Å². The Kier molecular flexibility index (Phi) is 3.96. The third-order valence-corrected chi connectivity index (χ3v) is 3.71. The van der Waals surface area contributed by atoms with Crippen LogP contribution in [0, 0.1) is 12.3 Å². The summed E-state index contributed by atoms with van der Waals surface area (Å²) in [7, 11) is 0. The summed E-state index contributed by atoms with van der Waals surface area (Å²) in [6.45, 7) is -0.115. The molecule has 1 aliphatic rings. The van der Waals surface area contributed by atoms with Crippen LogP contribution < -0.4 is 11.1 Å². The summed E-state index contributed by atoms with van der Waals surface area (Å²) in [5.74, 6) is 2.95. The highest BCUT2D eigenvalue weighted by atomic mass is 16.3. The minimum absolute atomic E-state index is 0.0652. The van der Waals surface area contributed by atoms with Crippen LogP contribution in [0.2, 0.25) is 0 Å². The molecule has 0 aliphatic heterocycles. The number of nitrogens with zero attached hydrogens (tertiary/aromatic N) is 2. The number of benzene rings is 1. The van der Waals surface area contributed by atoms with E-state index < -0.39 is 0 Å². The fraction of sp³-hybridized carbons (Fsp3) is 0.235. The molecule has 6 heteroatoms. The Bertz CT molecular complexity index is 807. The van der Waals surface area contributed by atoms with E-state index in [1.807, 2.05) is 0 Å². The van der Waals surface area contributed by atoms with Gasteiger partial charge in [-0.05, 0) is 48.6 Å². The molecule has 4 N–H and O–H groups in total. The number of amides is 1. The van der Waals surface area contributed by atoms with E-state index in [0.717, 1.165) is 18.4 Å². The Labute approximate surface area is 133 Å². The number of terminal acetylenes is 1. The number of nitrogens with two attached hydrogens (primary N) is 1. The maximum absolute atomic E-state index is 11.4. The van der Waals surface area contributed by atoms with E-state index >= 15 is 0 Å². The highest BCUT2D eigenvalue weighted by Crippen LogP contribution is 2.45. The number of carbonyl (C=O) groups excluding carboxylic acids is 1. The second-order valence-electron chi connectivity index (χ2n) is 5.44. The van der Waals surface area contributed by atoms with Gasteiger partial charge in [0.15, 0.2) is 5.82 Å². The molecule has 1 amide bonds. The number of phenolic OH excluding ortho intramolecular Hbond substituents is 1. The van der Waals surface area contributed by atoms with Gasteiger partial charge < -0.3 is 16.2 Å². The second kappa shape index (κ2) is 6.07. The van der Waals surface area contributed by atoms with Crippen LogP contribution >= 0.6 is 0 Å². The molecule has 1 heterocycles. The van der Waals surface area contributed by atoms with Crippen LogP contribution in [0.3, 0.4) is 0 Å². The van der Waals surface area contributed by atoms with Gasteiger partial charge in [0.1, 0.15) is 11.4 Å². The van der Waals surface area contributed by atoms with Crippen LogP contribution in [0.1, 0.15) is 29.9 Å². The van der Waals surface area contributed by atoms with Gasteiger partial charge in [0, 0.05) is 11.1 Å². The molecule has 1 aromatic carbocycles. The van der Waals surface area contributed by atoms with E-state index in [9.17, 15) is 9.90 Å². The molecule has 0 spiro atoms. The molecular formula is C17H16N4O2. The lowest BCUT2D eigenvalue weighted by Gasteiger charge is -2.11. The molecule has 3 rings (SSSR count). The van der Waals surface area contributed by atoms with Crippen LogP contribution in [0.4, 0.5) is 5.82 Å². The van der Waals surface area contributed by atoms with E-state index in [1.54, 1.807) is 18.2 Å². The molecule has 0 saturated heterocycles. The minimum atomic E-state index is -0.324. The summed E-state index contributed by atoms with van der Waals surface area (Å²) in [4.78, 5) is 11.4. The fourth-order valence-corrected chi connectivity index (χ4v) is 2.40. The lowest BCUT2D eigenvalue weighted by molar-refractivity contribution is -0.114. The number of carbonyl (C=O) groups is 1. The Morgan fingerprint density at radius 2 is 2.17 bits per heavy atom. The van der Waals surface area contributed by atoms with E-state index in [1.165, 1.54) is 6.07 Å². The van der Waals surface area contributed by atoms with Crippen molar-refractivity contribution >= 4 is 11.7 Å². The van der Waals surface area contributed by atoms with Gasteiger partial charge in [-0.2, -0.15) is 0 Å². The van der Waals surface area contributed by atoms with E-state index in [0.29, 0.717) is 28.6 Å². The topological polar surface area (TPSA) is 101 Å². The summed E-state index contributed by atoms with van der Waals surface area (Å²) >= 11 is 0. The predicted octanol–water partition coefficient (Wildman–Crippen LogP) is 1.61. The third-order valence-electron chi connectivity index (χ3n) is 3.71. The van der Waals surface area contributed by atoms with Crippen LogP contribution in [0.25, 0.3) is 11.3 Å². The molecule has 116 valence electrons. The zero-order valence-corrected chi connectivity index (χ0v) is 12.4. The fourth-order valence-electron chi connectivity index (χ4n) is 2.40. The highest BCUT2D eigenvalue weighted by Gasteiger charge is 2.29. The minimum Gasteiger partial charge on any atom is -0.507 e. The Morgan fingerprint density at radius 1 is 1.39 bits per heavy atom. The van der Waals surface area contributed by atoms with Gasteiger partial charge in [-0.3, -0.25) is 4.79 Å². The van der Waals surface area contributed by atoms with Gasteiger partial charge in [-0.1, -0.05) is 5.92 Å². The zero-order valence-electron chi connectivity index (χ0n) is 12.4. The van der Waals surface area contributed by atoms with Crippen molar-refractivity contribution in [1.29, 1.82) is 0 Å². The van der Waals surface area contributed by atoms with Crippen molar-refractivity contribution in [3.05, 3.63) is 35.4 Å². The molecule has 1 fully saturated rings. The molecule has 6 nitrogen and oxygen atoms in total. The Hall–Kier alpha value is -2.91. The van der Waals surface area contributed by atoms with Gasteiger partial charge in [-0.15, -0.1) is 16.6 Å². The van der Waals surface area contributed by atoms with Crippen molar-refractivity contribution in [1.82, 2.24) is 10.2 Å². The number of rotatable bonds is 4. The summed E-state index contributed by atoms with van der Waals surface area (Å²) < 4.78 is 0. The number of anilines is 1. The van der Waals surface area contributed by atoms with E-state index in [2.05, 4.69) is 21.4 Å². The normalized spacial score (nSPS) is 13.4. The molecular weight excluding hydrogens is 292 g/mol. The number of nitrogens with one attached hydrogen (secondary N) is 1. The predicted molar refractivity (Wildman–Crippen MR) is 86.7 cm³/mol. The molecule has 0 bridgehead atoms. The van der Waals surface area contributed by atoms with Crippen molar-refractivity contribution in [3.63, 3.8) is 0 Å². The lowest BCUT2D eigenvalue weighted by atomic mass is 10.0. The SMILES string of the molecule is C#Cc1ccc(-c2nnc(NC(=O)CN)cc2C2CC2)c(O)c1. The van der Waals surface area contributed by atoms with Crippen LogP contribution in [-0.4, -0.2) is 27.8 Å². The molecule has 1 saturated carbocycles. The number of aromatic nitrogens is 2. The monoisotopic (exact) mass is 308 g/mol. The first-order chi connectivity index (χ1) is 11.1. The van der Waals surface area contributed by atoms with Crippen LogP contribution in [0.5, 0.6) is 5.75 Å². The van der Waals surface area contributed by atoms with Gasteiger partial charge in [0.2, 0.25) is 5.91 Å². The maximum Gasteiger partial charge on any atom is 0.239 e. The number of hydrogen-bond acceptors (Lipinski definition) is 5. The third kappa shape index (κ3) is 3.15. The Balaban J connectivity index is 2.02. The molecule has 0 unspecified atom stereocenters. The first-order valence-corrected chi connectivity index (χ1v) is 7.30. The molecule has 23 heavy (non-hydrogen) atoms. The van der Waals surface area contributed by atoms with Crippen molar-refractivity contribution in [3.8, 4) is 29.4 Å². The van der Waals surface area contributed by atoms with E-state index in [-0.39, 0.29) is 18.2 Å². The van der Waals surface area contributed by atoms with Gasteiger partial charge in [-0.25, -0.2) is 0 Å². The summed E-state index contributed by atoms with van der Waals surface area (Å²) in [5.41, 5.74) is 8.03. The smallest absolute Gasteiger partial charge is 0.239 e. The molecule has 1 aromatic heterocycles. The average Bonchev–Trinajstić information content (AvgIpc) is 3.39. The van der Waals surface area contributed by atoms with Crippen LogP contribution in [0.15, 0.2) is 24.3 Å². The standard InChI is InChI=1S/C17H16N4O2/c1-2-10-3-6-12(14(22)7-10)17-13(11-4-5-11)8-15(20-21-17)19-16(23)9-18/h1,3,6-8,11,22H,4-5,9,18H2,(H,19,20,23).